The number of hydrogen-bond donors (Lipinski definition) is 10. The summed E-state index contributed by atoms with van der Waals surface area (Å²) in [7, 11) is -5.42. The topological polar surface area (TPSA) is 316 Å². The first-order chi connectivity index (χ1) is 18.7. The fraction of sp³-hybridized carbons (Fsp3) is 0.667. The molecule has 0 aliphatic carbocycles. The molecule has 7 unspecified atom stereocenters. The molecule has 12 N–H and O–H groups in total. The standard InChI is InChI=1S/C18H28N4O15P2S/c19-8-10(25)7(34-14(8)5-2-32-16-9(5)21-4-22-17(16)20)3-33-39(31,40)37-38(29,30)36-18-13(28)11(26)12(27)15(35-18)6(24)1-23/h2,4,6-8,10-15,18,23-28H,1,3,19H2,(H,29,30)(H,31,40)(H2,20,21,22)/t6-,7+,8+,10+,11?,12?,13?,14-,15?,18?,39?/m0/s1. The Kier molecular flexibility index (Phi) is 9.62. The van der Waals surface area contributed by atoms with Crippen LogP contribution in [0.1, 0.15) is 11.7 Å². The summed E-state index contributed by atoms with van der Waals surface area (Å²) in [6.07, 6.45) is -12.9. The third-order valence-corrected chi connectivity index (χ3v) is 9.70. The van der Waals surface area contributed by atoms with Crippen LogP contribution >= 0.6 is 14.5 Å². The Morgan fingerprint density at radius 2 is 1.80 bits per heavy atom. The number of fused-ring (bicyclic) bond motifs is 1. The van der Waals surface area contributed by atoms with Crippen molar-refractivity contribution in [1.82, 2.24) is 9.97 Å². The second-order valence-electron chi connectivity index (χ2n) is 8.90. The number of anilines is 1. The van der Waals surface area contributed by atoms with Gasteiger partial charge in [0.1, 0.15) is 60.7 Å². The molecule has 2 saturated heterocycles. The molecule has 2 aliphatic heterocycles. The van der Waals surface area contributed by atoms with Crippen molar-refractivity contribution >= 4 is 43.3 Å². The van der Waals surface area contributed by atoms with Crippen molar-refractivity contribution in [2.45, 2.75) is 61.2 Å². The predicted octanol–water partition coefficient (Wildman–Crippen LogP) is -3.54. The van der Waals surface area contributed by atoms with E-state index < -0.39 is 88.9 Å². The van der Waals surface area contributed by atoms with Gasteiger partial charge in [0.15, 0.2) is 17.7 Å². The number of rotatable bonds is 10. The van der Waals surface area contributed by atoms with Gasteiger partial charge in [-0.15, -0.1) is 0 Å². The lowest BCUT2D eigenvalue weighted by atomic mass is 9.96. The van der Waals surface area contributed by atoms with Gasteiger partial charge in [-0.05, 0) is 11.8 Å². The number of aromatic nitrogens is 2. The van der Waals surface area contributed by atoms with Crippen LogP contribution in [0.5, 0.6) is 0 Å². The van der Waals surface area contributed by atoms with Gasteiger partial charge in [-0.1, -0.05) is 0 Å². The van der Waals surface area contributed by atoms with Crippen LogP contribution in [-0.2, 0) is 39.2 Å². The van der Waals surface area contributed by atoms with Crippen molar-refractivity contribution < 1.29 is 72.2 Å². The first-order valence-corrected chi connectivity index (χ1v) is 15.5. The van der Waals surface area contributed by atoms with E-state index in [1.807, 2.05) is 0 Å². The molecule has 4 rings (SSSR count). The van der Waals surface area contributed by atoms with Gasteiger partial charge in [0.05, 0.1) is 25.5 Å². The summed E-state index contributed by atoms with van der Waals surface area (Å²) in [5, 5.41) is 59.3. The summed E-state index contributed by atoms with van der Waals surface area (Å²) in [4.78, 5) is 28.3. The monoisotopic (exact) mass is 634 g/mol. The number of phosphoric ester groups is 1. The highest BCUT2D eigenvalue weighted by Gasteiger charge is 2.50. The first kappa shape index (κ1) is 31.7. The molecule has 2 aliphatic rings. The van der Waals surface area contributed by atoms with E-state index in [1.54, 1.807) is 0 Å². The summed E-state index contributed by atoms with van der Waals surface area (Å²) < 4.78 is 42.8. The number of aliphatic hydroxyl groups excluding tert-OH is 6. The molecule has 2 aromatic heterocycles. The van der Waals surface area contributed by atoms with Crippen molar-refractivity contribution in [3.8, 4) is 0 Å². The molecule has 4 heterocycles. The maximum Gasteiger partial charge on any atom is 0.481 e. The highest BCUT2D eigenvalue weighted by atomic mass is 32.5. The fourth-order valence-electron chi connectivity index (χ4n) is 4.15. The Labute approximate surface area is 229 Å². The van der Waals surface area contributed by atoms with Crippen molar-refractivity contribution in [2.24, 2.45) is 5.73 Å². The van der Waals surface area contributed by atoms with Gasteiger partial charge in [0.25, 0.3) is 0 Å². The van der Waals surface area contributed by atoms with Gasteiger partial charge in [0.2, 0.25) is 0 Å². The predicted molar refractivity (Wildman–Crippen MR) is 132 cm³/mol. The van der Waals surface area contributed by atoms with E-state index in [0.717, 1.165) is 0 Å². The molecule has 22 heteroatoms. The minimum Gasteiger partial charge on any atom is -0.458 e. The number of aliphatic hydroxyl groups is 6. The van der Waals surface area contributed by atoms with Crippen molar-refractivity contribution in [1.29, 1.82) is 0 Å². The zero-order chi connectivity index (χ0) is 29.6. The lowest BCUT2D eigenvalue weighted by Gasteiger charge is -2.41. The smallest absolute Gasteiger partial charge is 0.458 e. The van der Waals surface area contributed by atoms with Gasteiger partial charge in [-0.2, -0.15) is 0 Å². The van der Waals surface area contributed by atoms with Crippen LogP contribution in [0.15, 0.2) is 17.0 Å². The molecule has 0 spiro atoms. The summed E-state index contributed by atoms with van der Waals surface area (Å²) in [5.74, 6) is 0.0638. The molecule has 0 aromatic carbocycles. The van der Waals surface area contributed by atoms with Crippen LogP contribution in [0.3, 0.4) is 0 Å². The minimum atomic E-state index is -5.42. The number of nitrogen functional groups attached to an aromatic ring is 1. The number of nitrogens with zero attached hydrogens (tertiary/aromatic N) is 2. The second kappa shape index (κ2) is 12.2. The first-order valence-electron chi connectivity index (χ1n) is 11.4. The van der Waals surface area contributed by atoms with E-state index >= 15 is 0 Å². The molecular formula is C18H28N4O15P2S. The third-order valence-electron chi connectivity index (χ3n) is 6.18. The Morgan fingerprint density at radius 1 is 1.10 bits per heavy atom. The SMILES string of the molecule is Nc1ncnc2c([C@@H]3O[C@H](COP(O)(=S)OP(=O)(O)OC4OC([C@@H](O)CO)C(O)C(O)C4O)[C@@H](O)[C@H]3N)coc12. The van der Waals surface area contributed by atoms with Gasteiger partial charge in [-0.25, -0.2) is 18.8 Å². The van der Waals surface area contributed by atoms with E-state index in [4.69, 9.17) is 46.8 Å². The van der Waals surface area contributed by atoms with Gasteiger partial charge in [-0.3, -0.25) is 4.52 Å². The van der Waals surface area contributed by atoms with Gasteiger partial charge < -0.3 is 70.3 Å². The third kappa shape index (κ3) is 6.54. The van der Waals surface area contributed by atoms with Crippen LogP contribution in [-0.4, -0.2) is 119 Å². The molecule has 12 atom stereocenters. The highest BCUT2D eigenvalue weighted by Crippen LogP contribution is 2.61. The number of hydrogen-bond acceptors (Lipinski definition) is 18. The molecule has 0 amide bonds. The number of nitrogens with two attached hydrogens (primary N) is 2. The summed E-state index contributed by atoms with van der Waals surface area (Å²) >= 11 is 4.73. The number of phosphoric acid groups is 1. The zero-order valence-electron chi connectivity index (χ0n) is 20.1. The molecule has 40 heavy (non-hydrogen) atoms. The maximum absolute atomic E-state index is 12.5. The van der Waals surface area contributed by atoms with Crippen LogP contribution in [0.25, 0.3) is 11.1 Å². The van der Waals surface area contributed by atoms with Crippen LogP contribution in [0.4, 0.5) is 5.82 Å². The van der Waals surface area contributed by atoms with Gasteiger partial charge >= 0.3 is 14.5 Å². The second-order valence-corrected chi connectivity index (χ2v) is 13.3. The van der Waals surface area contributed by atoms with Crippen molar-refractivity contribution in [3.05, 3.63) is 18.2 Å². The molecule has 19 nitrogen and oxygen atoms in total. The summed E-state index contributed by atoms with van der Waals surface area (Å²) in [6.45, 7) is -6.24. The molecule has 2 aromatic rings. The van der Waals surface area contributed by atoms with Crippen LogP contribution in [0.2, 0.25) is 0 Å². The van der Waals surface area contributed by atoms with E-state index in [2.05, 4.69) is 18.8 Å². The van der Waals surface area contributed by atoms with Crippen LogP contribution in [0, 0.1) is 0 Å². The Bertz CT molecular complexity index is 1290. The molecule has 226 valence electrons. The molecule has 0 bridgehead atoms. The Hall–Kier alpha value is -1.26. The summed E-state index contributed by atoms with van der Waals surface area (Å²) in [6, 6.07) is -1.04. The average molecular weight is 634 g/mol. The van der Waals surface area contributed by atoms with E-state index in [0.29, 0.717) is 5.56 Å². The molecular weight excluding hydrogens is 606 g/mol. The summed E-state index contributed by atoms with van der Waals surface area (Å²) in [5.41, 5.74) is 12.6. The molecule has 0 radical (unpaired) electrons. The lowest BCUT2D eigenvalue weighted by molar-refractivity contribution is -0.292. The van der Waals surface area contributed by atoms with E-state index in [-0.39, 0.29) is 16.9 Å². The number of ether oxygens (including phenoxy) is 2. The van der Waals surface area contributed by atoms with E-state index in [1.165, 1.54) is 12.6 Å². The van der Waals surface area contributed by atoms with Crippen LogP contribution < -0.4 is 11.5 Å². The zero-order valence-corrected chi connectivity index (χ0v) is 22.7. The minimum absolute atomic E-state index is 0.0638. The van der Waals surface area contributed by atoms with Crippen molar-refractivity contribution in [2.75, 3.05) is 18.9 Å². The fourth-order valence-corrected chi connectivity index (χ4v) is 7.25. The molecule has 0 saturated carbocycles. The largest absolute Gasteiger partial charge is 0.481 e. The number of furan rings is 1. The quantitative estimate of drug-likeness (QED) is 0.113. The Balaban J connectivity index is 1.38. The Morgan fingerprint density at radius 3 is 2.48 bits per heavy atom. The lowest BCUT2D eigenvalue weighted by Crippen LogP contribution is -2.61. The van der Waals surface area contributed by atoms with E-state index in [9.17, 15) is 39.9 Å². The van der Waals surface area contributed by atoms with Gasteiger partial charge in [0, 0.05) is 5.56 Å². The highest BCUT2D eigenvalue weighted by molar-refractivity contribution is 8.08. The average Bonchev–Trinajstić information content (AvgIpc) is 3.43. The molecule has 2 fully saturated rings. The maximum atomic E-state index is 12.5. The van der Waals surface area contributed by atoms with Crippen molar-refractivity contribution in [3.63, 3.8) is 0 Å². The normalized spacial score (nSPS) is 36.8.